The number of likely N-dealkylation sites (tertiary alicyclic amines) is 1. The van der Waals surface area contributed by atoms with Gasteiger partial charge in [0.25, 0.3) is 11.8 Å². The van der Waals surface area contributed by atoms with Gasteiger partial charge in [-0.05, 0) is 24.5 Å². The number of amides is 4. The van der Waals surface area contributed by atoms with Gasteiger partial charge in [0.1, 0.15) is 0 Å². The third kappa shape index (κ3) is 2.06. The number of urea groups is 1. The average molecular weight is 325 g/mol. The number of allylic oxidation sites excluding steroid dienone is 1. The van der Waals surface area contributed by atoms with Crippen molar-refractivity contribution in [3.63, 3.8) is 0 Å². The Labute approximate surface area is 140 Å². The summed E-state index contributed by atoms with van der Waals surface area (Å²) in [4.78, 5) is 42.0. The van der Waals surface area contributed by atoms with Crippen molar-refractivity contribution < 1.29 is 14.4 Å². The van der Waals surface area contributed by atoms with Crippen LogP contribution in [0.4, 0.5) is 4.79 Å². The van der Waals surface area contributed by atoms with Gasteiger partial charge in [-0.1, -0.05) is 18.2 Å². The van der Waals surface area contributed by atoms with Crippen molar-refractivity contribution >= 4 is 17.8 Å². The van der Waals surface area contributed by atoms with Gasteiger partial charge in [-0.25, -0.2) is 9.69 Å². The van der Waals surface area contributed by atoms with Crippen molar-refractivity contribution in [2.75, 3.05) is 27.2 Å². The minimum atomic E-state index is -0.233. The van der Waals surface area contributed by atoms with Crippen molar-refractivity contribution in [1.82, 2.24) is 14.7 Å². The number of carbonyl (C=O) groups is 3. The molecule has 4 rings (SSSR count). The molecule has 1 aromatic carbocycles. The Bertz CT molecular complexity index is 748. The molecule has 0 radical (unpaired) electrons. The molecular weight excluding hydrogens is 306 g/mol. The van der Waals surface area contributed by atoms with E-state index in [1.807, 2.05) is 11.0 Å². The zero-order valence-electron chi connectivity index (χ0n) is 13.7. The molecule has 0 spiro atoms. The van der Waals surface area contributed by atoms with Crippen LogP contribution < -0.4 is 0 Å². The van der Waals surface area contributed by atoms with Gasteiger partial charge in [-0.15, -0.1) is 0 Å². The van der Waals surface area contributed by atoms with E-state index in [0.29, 0.717) is 30.6 Å². The summed E-state index contributed by atoms with van der Waals surface area (Å²) >= 11 is 0. The lowest BCUT2D eigenvalue weighted by atomic mass is 10.0. The van der Waals surface area contributed by atoms with Crippen LogP contribution in [0.1, 0.15) is 27.1 Å². The highest BCUT2D eigenvalue weighted by molar-refractivity contribution is 6.22. The molecular formula is C18H19N3O3. The average Bonchev–Trinajstić information content (AvgIpc) is 3.18. The van der Waals surface area contributed by atoms with Gasteiger partial charge in [0.2, 0.25) is 0 Å². The number of rotatable bonds is 1. The number of imide groups is 1. The molecule has 0 unspecified atom stereocenters. The van der Waals surface area contributed by atoms with Crippen LogP contribution >= 0.6 is 0 Å². The first-order valence-electron chi connectivity index (χ1n) is 8.12. The minimum Gasteiger partial charge on any atom is -0.331 e. The summed E-state index contributed by atoms with van der Waals surface area (Å²) in [5.41, 5.74) is 1.74. The van der Waals surface area contributed by atoms with E-state index in [-0.39, 0.29) is 29.7 Å². The highest BCUT2D eigenvalue weighted by Gasteiger charge is 2.44. The van der Waals surface area contributed by atoms with Gasteiger partial charge < -0.3 is 9.80 Å². The topological polar surface area (TPSA) is 60.9 Å². The zero-order chi connectivity index (χ0) is 17.0. The van der Waals surface area contributed by atoms with Crippen molar-refractivity contribution in [1.29, 1.82) is 0 Å². The number of hydrogen-bond donors (Lipinski definition) is 0. The second-order valence-electron chi connectivity index (χ2n) is 6.86. The largest absolute Gasteiger partial charge is 0.331 e. The lowest BCUT2D eigenvalue weighted by Gasteiger charge is -2.22. The quantitative estimate of drug-likeness (QED) is 0.740. The van der Waals surface area contributed by atoms with Crippen molar-refractivity contribution in [2.24, 2.45) is 11.8 Å². The summed E-state index contributed by atoms with van der Waals surface area (Å²) in [7, 11) is 3.49. The van der Waals surface area contributed by atoms with Crippen LogP contribution in [-0.4, -0.2) is 59.7 Å². The normalized spacial score (nSPS) is 25.0. The van der Waals surface area contributed by atoms with Gasteiger partial charge in [0.05, 0.1) is 11.1 Å². The van der Waals surface area contributed by atoms with Crippen LogP contribution in [0, 0.1) is 11.8 Å². The predicted molar refractivity (Wildman–Crippen MR) is 87.3 cm³/mol. The summed E-state index contributed by atoms with van der Waals surface area (Å²) in [5, 5.41) is 0. The number of nitrogens with zero attached hydrogens (tertiary/aromatic N) is 3. The van der Waals surface area contributed by atoms with Crippen molar-refractivity contribution in [2.45, 2.75) is 6.42 Å². The van der Waals surface area contributed by atoms with E-state index in [1.54, 1.807) is 43.3 Å². The van der Waals surface area contributed by atoms with Gasteiger partial charge in [-0.2, -0.15) is 0 Å². The molecule has 124 valence electrons. The Morgan fingerprint density at radius 1 is 1.08 bits per heavy atom. The smallest absolute Gasteiger partial charge is 0.319 e. The molecule has 24 heavy (non-hydrogen) atoms. The lowest BCUT2D eigenvalue weighted by Crippen LogP contribution is -2.38. The maximum absolute atomic E-state index is 12.6. The Hall–Kier alpha value is -2.63. The molecule has 1 fully saturated rings. The molecule has 6 nitrogen and oxygen atoms in total. The van der Waals surface area contributed by atoms with Crippen LogP contribution in [0.5, 0.6) is 0 Å². The second-order valence-corrected chi connectivity index (χ2v) is 6.86. The molecule has 0 saturated carbocycles. The summed E-state index contributed by atoms with van der Waals surface area (Å²) < 4.78 is 0. The standard InChI is InChI=1S/C18H19N3O3/c1-19(2)18(24)20-9-11-7-13(8-12(11)10-20)21-16(22)14-5-3-4-6-15(14)17(21)23/h3-7,11-12H,8-10H2,1-2H3/t11-,12-/m0/s1. The van der Waals surface area contributed by atoms with Gasteiger partial charge in [-0.3, -0.25) is 9.59 Å². The van der Waals surface area contributed by atoms with E-state index in [2.05, 4.69) is 0 Å². The van der Waals surface area contributed by atoms with Crippen LogP contribution in [0.2, 0.25) is 0 Å². The first-order valence-corrected chi connectivity index (χ1v) is 8.12. The van der Waals surface area contributed by atoms with E-state index >= 15 is 0 Å². The Morgan fingerprint density at radius 3 is 2.25 bits per heavy atom. The van der Waals surface area contributed by atoms with Gasteiger partial charge in [0.15, 0.2) is 0 Å². The molecule has 2 heterocycles. The Morgan fingerprint density at radius 2 is 1.71 bits per heavy atom. The Balaban J connectivity index is 1.55. The molecule has 4 amide bonds. The molecule has 2 atom stereocenters. The summed E-state index contributed by atoms with van der Waals surface area (Å²) in [6.45, 7) is 1.32. The highest BCUT2D eigenvalue weighted by Crippen LogP contribution is 2.40. The molecule has 1 saturated heterocycles. The van der Waals surface area contributed by atoms with Crippen LogP contribution in [0.3, 0.4) is 0 Å². The molecule has 2 aliphatic heterocycles. The second kappa shape index (κ2) is 5.19. The van der Waals surface area contributed by atoms with Crippen LogP contribution in [-0.2, 0) is 0 Å². The first kappa shape index (κ1) is 14.9. The van der Waals surface area contributed by atoms with Gasteiger partial charge in [0, 0.05) is 38.8 Å². The van der Waals surface area contributed by atoms with Crippen LogP contribution in [0.15, 0.2) is 36.0 Å². The third-order valence-corrected chi connectivity index (χ3v) is 5.10. The van der Waals surface area contributed by atoms with Crippen LogP contribution in [0.25, 0.3) is 0 Å². The molecule has 0 N–H and O–H groups in total. The minimum absolute atomic E-state index is 0.0140. The van der Waals surface area contributed by atoms with E-state index in [9.17, 15) is 14.4 Å². The fourth-order valence-electron chi connectivity index (χ4n) is 3.94. The molecule has 0 bridgehead atoms. The maximum Gasteiger partial charge on any atom is 0.319 e. The predicted octanol–water partition coefficient (Wildman–Crippen LogP) is 1.80. The zero-order valence-corrected chi connectivity index (χ0v) is 13.7. The highest BCUT2D eigenvalue weighted by atomic mass is 16.2. The van der Waals surface area contributed by atoms with Crippen molar-refractivity contribution in [3.8, 4) is 0 Å². The molecule has 3 aliphatic rings. The van der Waals surface area contributed by atoms with E-state index < -0.39 is 0 Å². The van der Waals surface area contributed by atoms with E-state index in [0.717, 1.165) is 5.70 Å². The molecule has 6 heteroatoms. The van der Waals surface area contributed by atoms with Gasteiger partial charge >= 0.3 is 6.03 Å². The number of carbonyl (C=O) groups excluding carboxylic acids is 3. The number of benzene rings is 1. The summed E-state index contributed by atoms with van der Waals surface area (Å²) in [6, 6.07) is 6.96. The van der Waals surface area contributed by atoms with E-state index in [1.165, 1.54) is 4.90 Å². The van der Waals surface area contributed by atoms with E-state index in [4.69, 9.17) is 0 Å². The first-order chi connectivity index (χ1) is 11.5. The Kier molecular flexibility index (Phi) is 3.23. The number of fused-ring (bicyclic) bond motifs is 2. The SMILES string of the molecule is CN(C)C(=O)N1C[C@@H]2CC(N3C(=O)c4ccccc4C3=O)=C[C@H]2C1. The summed E-state index contributed by atoms with van der Waals surface area (Å²) in [5.74, 6) is 0.0347. The molecule has 1 aliphatic carbocycles. The summed E-state index contributed by atoms with van der Waals surface area (Å²) in [6.07, 6.45) is 2.67. The fraction of sp³-hybridized carbons (Fsp3) is 0.389. The number of hydrogen-bond acceptors (Lipinski definition) is 3. The van der Waals surface area contributed by atoms with Crippen molar-refractivity contribution in [3.05, 3.63) is 47.2 Å². The maximum atomic E-state index is 12.6. The molecule has 0 aromatic heterocycles. The lowest BCUT2D eigenvalue weighted by molar-refractivity contribution is 0.0698. The molecule has 1 aromatic rings. The monoisotopic (exact) mass is 325 g/mol. The third-order valence-electron chi connectivity index (χ3n) is 5.10. The fourth-order valence-corrected chi connectivity index (χ4v) is 3.94.